The first kappa shape index (κ1) is 21.5. The predicted octanol–water partition coefficient (Wildman–Crippen LogP) is 3.20. The van der Waals surface area contributed by atoms with Gasteiger partial charge in [0.1, 0.15) is 11.8 Å². The van der Waals surface area contributed by atoms with Crippen molar-refractivity contribution >= 4 is 34.6 Å². The van der Waals surface area contributed by atoms with Crippen LogP contribution in [0.15, 0.2) is 52.9 Å². The van der Waals surface area contributed by atoms with E-state index in [1.165, 1.54) is 17.7 Å². The topological polar surface area (TPSA) is 74.2 Å². The maximum absolute atomic E-state index is 13.3. The fourth-order valence-corrected chi connectivity index (χ4v) is 4.99. The number of carbonyl (C=O) groups is 2. The number of rotatable bonds is 8. The molecule has 0 radical (unpaired) electrons. The number of nitrogens with zero attached hydrogens (tertiary/aromatic N) is 3. The molecule has 1 saturated heterocycles. The molecule has 2 aliphatic rings. The van der Waals surface area contributed by atoms with E-state index in [0.717, 1.165) is 18.8 Å². The second-order valence-electron chi connectivity index (χ2n) is 7.69. The Hall–Kier alpha value is -2.71. The number of nitrogens with one attached hydrogen (secondary N) is 1. The molecule has 2 aromatic rings. The van der Waals surface area contributed by atoms with E-state index in [0.29, 0.717) is 6.54 Å². The number of ether oxygens (including phenoxy) is 1. The number of hydrogen-bond donors (Lipinski definition) is 1. The average molecular weight is 441 g/mol. The molecule has 2 unspecified atom stereocenters. The van der Waals surface area contributed by atoms with Gasteiger partial charge in [-0.15, -0.1) is 11.3 Å². The maximum Gasteiger partial charge on any atom is 0.354 e. The third-order valence-corrected chi connectivity index (χ3v) is 6.64. The van der Waals surface area contributed by atoms with Gasteiger partial charge in [0.15, 0.2) is 0 Å². The van der Waals surface area contributed by atoms with Crippen molar-refractivity contribution in [3.8, 4) is 0 Å². The predicted molar refractivity (Wildman–Crippen MR) is 122 cm³/mol. The van der Waals surface area contributed by atoms with Crippen molar-refractivity contribution in [2.45, 2.75) is 38.3 Å². The van der Waals surface area contributed by atoms with Gasteiger partial charge in [0.2, 0.25) is 5.91 Å². The average Bonchev–Trinajstić information content (AvgIpc) is 3.56. The highest BCUT2D eigenvalue weighted by Gasteiger charge is 2.37. The summed E-state index contributed by atoms with van der Waals surface area (Å²) < 4.78 is 5.12. The molecule has 1 aromatic carbocycles. The molecule has 164 valence electrons. The van der Waals surface area contributed by atoms with Gasteiger partial charge in [-0.1, -0.05) is 24.3 Å². The quantitative estimate of drug-likeness (QED) is 0.638. The minimum atomic E-state index is -0.579. The van der Waals surface area contributed by atoms with Crippen LogP contribution in [0.4, 0.5) is 5.69 Å². The minimum Gasteiger partial charge on any atom is -0.461 e. The molecule has 0 bridgehead atoms. The second kappa shape index (κ2) is 10.1. The van der Waals surface area contributed by atoms with Crippen LogP contribution in [0.5, 0.6) is 0 Å². The summed E-state index contributed by atoms with van der Waals surface area (Å²) in [6.07, 6.45) is 2.61. The SMILES string of the molecule is CCOC(=O)C1=NN(c2ccccc2)C(C(=O)NCC(c2cccs2)N2CCCC2)C1. The van der Waals surface area contributed by atoms with Crippen LogP contribution in [0.1, 0.15) is 37.1 Å². The number of hydrazone groups is 1. The fraction of sp³-hybridized carbons (Fsp3) is 0.435. The van der Waals surface area contributed by atoms with Crippen LogP contribution >= 0.6 is 11.3 Å². The van der Waals surface area contributed by atoms with Crippen LogP contribution in [-0.4, -0.2) is 54.8 Å². The van der Waals surface area contributed by atoms with Crippen molar-refractivity contribution in [2.75, 3.05) is 31.3 Å². The zero-order chi connectivity index (χ0) is 21.6. The van der Waals surface area contributed by atoms with Crippen LogP contribution in [0.2, 0.25) is 0 Å². The van der Waals surface area contributed by atoms with E-state index in [-0.39, 0.29) is 30.7 Å². The first-order valence-corrected chi connectivity index (χ1v) is 11.7. The van der Waals surface area contributed by atoms with Crippen molar-refractivity contribution in [3.63, 3.8) is 0 Å². The number of esters is 1. The third-order valence-electron chi connectivity index (χ3n) is 5.67. The highest BCUT2D eigenvalue weighted by molar-refractivity contribution is 7.10. The molecule has 7 nitrogen and oxygen atoms in total. The Balaban J connectivity index is 1.48. The van der Waals surface area contributed by atoms with E-state index < -0.39 is 12.0 Å². The Kier molecular flexibility index (Phi) is 6.99. The molecule has 31 heavy (non-hydrogen) atoms. The second-order valence-corrected chi connectivity index (χ2v) is 8.67. The first-order valence-electron chi connectivity index (χ1n) is 10.8. The number of likely N-dealkylation sites (tertiary alicyclic amines) is 1. The van der Waals surface area contributed by atoms with Crippen LogP contribution < -0.4 is 10.3 Å². The highest BCUT2D eigenvalue weighted by atomic mass is 32.1. The van der Waals surface area contributed by atoms with Gasteiger partial charge in [-0.05, 0) is 56.4 Å². The van der Waals surface area contributed by atoms with Crippen molar-refractivity contribution in [3.05, 3.63) is 52.7 Å². The summed E-state index contributed by atoms with van der Waals surface area (Å²) in [4.78, 5) is 29.2. The van der Waals surface area contributed by atoms with Gasteiger partial charge in [0.25, 0.3) is 0 Å². The van der Waals surface area contributed by atoms with Gasteiger partial charge >= 0.3 is 5.97 Å². The van der Waals surface area contributed by atoms with Crippen molar-refractivity contribution in [1.29, 1.82) is 0 Å². The van der Waals surface area contributed by atoms with Gasteiger partial charge in [0, 0.05) is 17.8 Å². The summed E-state index contributed by atoms with van der Waals surface area (Å²) >= 11 is 1.72. The monoisotopic (exact) mass is 440 g/mol. The summed E-state index contributed by atoms with van der Waals surface area (Å²) in [6, 6.07) is 13.2. The summed E-state index contributed by atoms with van der Waals surface area (Å²) in [5.74, 6) is -0.597. The molecule has 2 aliphatic heterocycles. The molecule has 3 heterocycles. The number of benzene rings is 1. The van der Waals surface area contributed by atoms with E-state index in [4.69, 9.17) is 4.74 Å². The number of hydrogen-bond acceptors (Lipinski definition) is 7. The number of amides is 1. The van der Waals surface area contributed by atoms with Crippen molar-refractivity contribution in [2.24, 2.45) is 5.10 Å². The fourth-order valence-electron chi connectivity index (χ4n) is 4.13. The van der Waals surface area contributed by atoms with Gasteiger partial charge in [0.05, 0.1) is 18.3 Å². The first-order chi connectivity index (χ1) is 15.2. The van der Waals surface area contributed by atoms with Crippen LogP contribution in [0, 0.1) is 0 Å². The van der Waals surface area contributed by atoms with E-state index in [1.54, 1.807) is 23.3 Å². The molecule has 4 rings (SSSR count). The zero-order valence-electron chi connectivity index (χ0n) is 17.7. The maximum atomic E-state index is 13.3. The summed E-state index contributed by atoms with van der Waals surface area (Å²) in [7, 11) is 0. The van der Waals surface area contributed by atoms with E-state index >= 15 is 0 Å². The molecular weight excluding hydrogens is 412 g/mol. The normalized spacial score (nSPS) is 19.8. The summed E-state index contributed by atoms with van der Waals surface area (Å²) in [5, 5.41) is 11.3. The van der Waals surface area contributed by atoms with Crippen LogP contribution in [0.3, 0.4) is 0 Å². The molecule has 0 spiro atoms. The summed E-state index contributed by atoms with van der Waals surface area (Å²) in [6.45, 7) is 4.67. The number of thiophene rings is 1. The number of anilines is 1. The lowest BCUT2D eigenvalue weighted by molar-refractivity contribution is -0.135. The van der Waals surface area contributed by atoms with E-state index in [9.17, 15) is 9.59 Å². The van der Waals surface area contributed by atoms with Gasteiger partial charge in [-0.3, -0.25) is 14.7 Å². The molecule has 1 amide bonds. The minimum absolute atomic E-state index is 0.132. The highest BCUT2D eigenvalue weighted by Crippen LogP contribution is 2.29. The molecule has 0 saturated carbocycles. The number of carbonyl (C=O) groups excluding carboxylic acids is 2. The van der Waals surface area contributed by atoms with Gasteiger partial charge in [-0.25, -0.2) is 4.79 Å². The van der Waals surface area contributed by atoms with Crippen LogP contribution in [0.25, 0.3) is 0 Å². The van der Waals surface area contributed by atoms with E-state index in [2.05, 4.69) is 32.8 Å². The number of para-hydroxylation sites is 1. The van der Waals surface area contributed by atoms with Crippen molar-refractivity contribution < 1.29 is 14.3 Å². The Morgan fingerprint density at radius 2 is 1.97 bits per heavy atom. The lowest BCUT2D eigenvalue weighted by atomic mass is 10.1. The summed E-state index contributed by atoms with van der Waals surface area (Å²) in [5.41, 5.74) is 1.05. The van der Waals surface area contributed by atoms with E-state index in [1.807, 2.05) is 30.3 Å². The van der Waals surface area contributed by atoms with Crippen molar-refractivity contribution in [1.82, 2.24) is 10.2 Å². The molecule has 1 aromatic heterocycles. The standard InChI is InChI=1S/C23H28N4O3S/c1-2-30-23(29)18-15-19(27(25-18)17-9-4-3-5-10-17)22(28)24-16-20(21-11-8-14-31-21)26-12-6-7-13-26/h3-5,8-11,14,19-20H,2,6-7,12-13,15-16H2,1H3,(H,24,28). The van der Waals surface area contributed by atoms with Crippen LogP contribution in [-0.2, 0) is 14.3 Å². The van der Waals surface area contributed by atoms with Gasteiger partial charge < -0.3 is 10.1 Å². The molecule has 1 N–H and O–H groups in total. The molecule has 8 heteroatoms. The molecule has 1 fully saturated rings. The zero-order valence-corrected chi connectivity index (χ0v) is 18.5. The molecular formula is C23H28N4O3S. The lowest BCUT2D eigenvalue weighted by Gasteiger charge is -2.28. The smallest absolute Gasteiger partial charge is 0.354 e. The Labute approximate surface area is 186 Å². The Morgan fingerprint density at radius 1 is 1.19 bits per heavy atom. The van der Waals surface area contributed by atoms with Gasteiger partial charge in [-0.2, -0.15) is 5.10 Å². The largest absolute Gasteiger partial charge is 0.461 e. The Morgan fingerprint density at radius 3 is 2.65 bits per heavy atom. The molecule has 0 aliphatic carbocycles. The Bertz CT molecular complexity index is 910. The molecule has 2 atom stereocenters. The lowest BCUT2D eigenvalue weighted by Crippen LogP contribution is -2.45. The third kappa shape index (κ3) is 4.97.